The van der Waals surface area contributed by atoms with E-state index in [0.29, 0.717) is 0 Å². The smallest absolute Gasteiger partial charge is 0.149 e. The van der Waals surface area contributed by atoms with Gasteiger partial charge < -0.3 is 9.64 Å². The van der Waals surface area contributed by atoms with Crippen LogP contribution in [0.4, 0.5) is 0 Å². The third-order valence-electron chi connectivity index (χ3n) is 3.27. The van der Waals surface area contributed by atoms with Gasteiger partial charge in [0.25, 0.3) is 0 Å². The zero-order valence-corrected chi connectivity index (χ0v) is 13.6. The summed E-state index contributed by atoms with van der Waals surface area (Å²) in [7, 11) is 0. The molecule has 102 valence electrons. The van der Waals surface area contributed by atoms with Crippen LogP contribution in [0.25, 0.3) is 0 Å². The lowest BCUT2D eigenvalue weighted by Crippen LogP contribution is -2.24. The molecule has 0 fully saturated rings. The standard InChI is InChI=1S/C16H20INO/c1-3-14(13-9-6-5-7-10-13)19-15-11-8-12-18(4-2)16(15)17/h5-11,14H,3-4,12H2,1-2H3/t14-/m1/s1. The van der Waals surface area contributed by atoms with Crippen molar-refractivity contribution in [1.82, 2.24) is 4.90 Å². The Balaban J connectivity index is 2.17. The lowest BCUT2D eigenvalue weighted by atomic mass is 10.1. The third-order valence-corrected chi connectivity index (χ3v) is 4.48. The Morgan fingerprint density at radius 2 is 2.00 bits per heavy atom. The van der Waals surface area contributed by atoms with Gasteiger partial charge in [0.15, 0.2) is 0 Å². The number of allylic oxidation sites excluding steroid dienone is 1. The first-order valence-corrected chi connectivity index (χ1v) is 7.87. The average Bonchev–Trinajstić information content (AvgIpc) is 2.47. The van der Waals surface area contributed by atoms with Gasteiger partial charge in [0, 0.05) is 13.1 Å². The number of likely N-dealkylation sites (N-methyl/N-ethyl adjacent to an activating group) is 1. The predicted octanol–water partition coefficient (Wildman–Crippen LogP) is 4.65. The van der Waals surface area contributed by atoms with Crippen LogP contribution >= 0.6 is 22.6 Å². The van der Waals surface area contributed by atoms with Crippen LogP contribution in [0.15, 0.2) is 51.9 Å². The highest BCUT2D eigenvalue weighted by atomic mass is 127. The Kier molecular flexibility index (Phi) is 5.31. The molecule has 0 aromatic heterocycles. The van der Waals surface area contributed by atoms with E-state index in [2.05, 4.69) is 77.8 Å². The van der Waals surface area contributed by atoms with Gasteiger partial charge in [0.1, 0.15) is 15.6 Å². The van der Waals surface area contributed by atoms with Crippen LogP contribution in [0.3, 0.4) is 0 Å². The summed E-state index contributed by atoms with van der Waals surface area (Å²) in [6, 6.07) is 10.4. The van der Waals surface area contributed by atoms with Crippen molar-refractivity contribution in [2.24, 2.45) is 0 Å². The summed E-state index contributed by atoms with van der Waals surface area (Å²) in [4.78, 5) is 2.31. The van der Waals surface area contributed by atoms with Crippen LogP contribution in [0, 0.1) is 0 Å². The van der Waals surface area contributed by atoms with Gasteiger partial charge in [-0.05, 0) is 47.6 Å². The van der Waals surface area contributed by atoms with Gasteiger partial charge in [-0.2, -0.15) is 0 Å². The van der Waals surface area contributed by atoms with E-state index in [1.807, 2.05) is 6.07 Å². The molecule has 0 spiro atoms. The Bertz CT molecular complexity index is 467. The van der Waals surface area contributed by atoms with Crippen molar-refractivity contribution in [2.75, 3.05) is 13.1 Å². The first-order chi connectivity index (χ1) is 9.26. The monoisotopic (exact) mass is 369 g/mol. The van der Waals surface area contributed by atoms with Crippen molar-refractivity contribution < 1.29 is 4.74 Å². The second-order valence-electron chi connectivity index (χ2n) is 4.52. The molecule has 0 amide bonds. The van der Waals surface area contributed by atoms with Gasteiger partial charge >= 0.3 is 0 Å². The van der Waals surface area contributed by atoms with E-state index >= 15 is 0 Å². The molecule has 0 unspecified atom stereocenters. The minimum Gasteiger partial charge on any atom is -0.483 e. The molecule has 2 rings (SSSR count). The van der Waals surface area contributed by atoms with E-state index in [9.17, 15) is 0 Å². The van der Waals surface area contributed by atoms with Crippen molar-refractivity contribution in [3.05, 3.63) is 57.5 Å². The SMILES string of the molecule is CC[C@@H](OC1=C(I)N(CC)CC=C1)c1ccccc1. The van der Waals surface area contributed by atoms with Crippen LogP contribution in [-0.2, 0) is 4.74 Å². The Morgan fingerprint density at radius 3 is 2.63 bits per heavy atom. The molecule has 1 atom stereocenters. The average molecular weight is 369 g/mol. The molecule has 0 bridgehead atoms. The van der Waals surface area contributed by atoms with Crippen LogP contribution in [0.1, 0.15) is 31.9 Å². The van der Waals surface area contributed by atoms with Crippen LogP contribution in [0.2, 0.25) is 0 Å². The van der Waals surface area contributed by atoms with E-state index in [0.717, 1.165) is 25.3 Å². The lowest BCUT2D eigenvalue weighted by molar-refractivity contribution is 0.116. The molecule has 1 aliphatic heterocycles. The molecule has 0 saturated heterocycles. The predicted molar refractivity (Wildman–Crippen MR) is 88.0 cm³/mol. The summed E-state index contributed by atoms with van der Waals surface area (Å²) < 4.78 is 7.42. The molecular formula is C16H20INO. The second kappa shape index (κ2) is 6.98. The van der Waals surface area contributed by atoms with E-state index in [1.165, 1.54) is 9.27 Å². The number of nitrogens with zero attached hydrogens (tertiary/aromatic N) is 1. The molecule has 1 aromatic carbocycles. The van der Waals surface area contributed by atoms with Crippen molar-refractivity contribution >= 4 is 22.6 Å². The zero-order chi connectivity index (χ0) is 13.7. The second-order valence-corrected chi connectivity index (χ2v) is 5.54. The number of rotatable bonds is 5. The maximum atomic E-state index is 6.21. The van der Waals surface area contributed by atoms with E-state index in [-0.39, 0.29) is 6.10 Å². The molecule has 3 heteroatoms. The van der Waals surface area contributed by atoms with E-state index < -0.39 is 0 Å². The van der Waals surface area contributed by atoms with Crippen LogP contribution in [-0.4, -0.2) is 18.0 Å². The maximum absolute atomic E-state index is 6.21. The maximum Gasteiger partial charge on any atom is 0.149 e. The summed E-state index contributed by atoms with van der Waals surface area (Å²) in [6.07, 6.45) is 5.36. The van der Waals surface area contributed by atoms with Crippen molar-refractivity contribution in [2.45, 2.75) is 26.4 Å². The first kappa shape index (κ1) is 14.4. The molecule has 0 aliphatic carbocycles. The fourth-order valence-corrected chi connectivity index (χ4v) is 3.00. The van der Waals surface area contributed by atoms with Gasteiger partial charge in [0.2, 0.25) is 0 Å². The van der Waals surface area contributed by atoms with E-state index in [4.69, 9.17) is 4.74 Å². The molecule has 1 aliphatic rings. The summed E-state index contributed by atoms with van der Waals surface area (Å²) in [5.74, 6) is 0.990. The molecule has 0 N–H and O–H groups in total. The number of benzene rings is 1. The van der Waals surface area contributed by atoms with Crippen molar-refractivity contribution in [3.8, 4) is 0 Å². The minimum atomic E-state index is 0.127. The fourth-order valence-electron chi connectivity index (χ4n) is 2.16. The lowest BCUT2D eigenvalue weighted by Gasteiger charge is -2.28. The van der Waals surface area contributed by atoms with Crippen LogP contribution < -0.4 is 0 Å². The summed E-state index contributed by atoms with van der Waals surface area (Å²) in [6.45, 7) is 6.32. The van der Waals surface area contributed by atoms with Crippen molar-refractivity contribution in [3.63, 3.8) is 0 Å². The first-order valence-electron chi connectivity index (χ1n) is 6.79. The van der Waals surface area contributed by atoms with Gasteiger partial charge in [0.05, 0.1) is 0 Å². The number of hydrogen-bond donors (Lipinski definition) is 0. The molecule has 2 nitrogen and oxygen atoms in total. The number of halogens is 1. The third kappa shape index (κ3) is 3.53. The highest BCUT2D eigenvalue weighted by molar-refractivity contribution is 14.1. The number of hydrogen-bond acceptors (Lipinski definition) is 2. The molecule has 1 heterocycles. The van der Waals surface area contributed by atoms with Gasteiger partial charge in [-0.1, -0.05) is 43.3 Å². The molecule has 0 saturated carbocycles. The number of ether oxygens (including phenoxy) is 1. The largest absolute Gasteiger partial charge is 0.483 e. The Hall–Kier alpha value is -0.970. The Morgan fingerprint density at radius 1 is 1.26 bits per heavy atom. The highest BCUT2D eigenvalue weighted by Crippen LogP contribution is 2.30. The Labute approximate surface area is 129 Å². The van der Waals surface area contributed by atoms with Gasteiger partial charge in [-0.3, -0.25) is 0 Å². The summed E-state index contributed by atoms with van der Waals surface area (Å²) in [5, 5.41) is 0. The summed E-state index contributed by atoms with van der Waals surface area (Å²) >= 11 is 2.38. The van der Waals surface area contributed by atoms with Crippen molar-refractivity contribution in [1.29, 1.82) is 0 Å². The highest BCUT2D eigenvalue weighted by Gasteiger charge is 2.18. The minimum absolute atomic E-state index is 0.127. The topological polar surface area (TPSA) is 12.5 Å². The molecule has 19 heavy (non-hydrogen) atoms. The van der Waals surface area contributed by atoms with Gasteiger partial charge in [-0.25, -0.2) is 0 Å². The van der Waals surface area contributed by atoms with Crippen LogP contribution in [0.5, 0.6) is 0 Å². The normalized spacial score (nSPS) is 16.7. The summed E-state index contributed by atoms with van der Waals surface area (Å²) in [5.41, 5.74) is 1.24. The van der Waals surface area contributed by atoms with E-state index in [1.54, 1.807) is 0 Å². The fraction of sp³-hybridized carbons (Fsp3) is 0.375. The quantitative estimate of drug-likeness (QED) is 0.553. The molecule has 1 aromatic rings. The zero-order valence-electron chi connectivity index (χ0n) is 11.5. The van der Waals surface area contributed by atoms with Gasteiger partial charge in [-0.15, -0.1) is 0 Å². The molecule has 0 radical (unpaired) electrons. The molecular weight excluding hydrogens is 349 g/mol.